The van der Waals surface area contributed by atoms with Gasteiger partial charge in [0, 0.05) is 5.03 Å². The van der Waals surface area contributed by atoms with Crippen LogP contribution in [0.3, 0.4) is 0 Å². The molecular weight excluding hydrogens is 168 g/mol. The molecule has 0 bridgehead atoms. The summed E-state index contributed by atoms with van der Waals surface area (Å²) in [5, 5.41) is 15.4. The molecule has 1 heterocycles. The first-order valence-corrected chi connectivity index (χ1v) is 3.11. The molecule has 0 aliphatic heterocycles. The molecule has 1 N–H and O–H groups in total. The zero-order valence-corrected chi connectivity index (χ0v) is 6.25. The Morgan fingerprint density at radius 2 is 2.45 bits per heavy atom. The molecule has 0 aromatic carbocycles. The molecule has 0 atom stereocenters. The average molecular weight is 173 g/mol. The third kappa shape index (κ3) is 1.66. The van der Waals surface area contributed by atoms with Gasteiger partial charge in [0.1, 0.15) is 0 Å². The molecular formula is C6H5ClN2O2. The van der Waals surface area contributed by atoms with Gasteiger partial charge in [0.2, 0.25) is 0 Å². The lowest BCUT2D eigenvalue weighted by Crippen LogP contribution is -1.94. The van der Waals surface area contributed by atoms with E-state index in [9.17, 15) is 0 Å². The van der Waals surface area contributed by atoms with Crippen molar-refractivity contribution in [2.75, 3.05) is 0 Å². The van der Waals surface area contributed by atoms with Crippen LogP contribution in [0.2, 0.25) is 0 Å². The number of hydrogen-bond acceptors (Lipinski definition) is 4. The summed E-state index contributed by atoms with van der Waals surface area (Å²) < 4.78 is 0. The highest BCUT2D eigenvalue weighted by atomic mass is 35.5. The average Bonchev–Trinajstić information content (AvgIpc) is 2.04. The van der Waals surface area contributed by atoms with E-state index in [0.29, 0.717) is 5.56 Å². The number of nitrogens with zero attached hydrogens (tertiary/aromatic N) is 2. The molecule has 0 radical (unpaired) electrons. The summed E-state index contributed by atoms with van der Waals surface area (Å²) in [5.74, 6) is -0.0486. The maximum absolute atomic E-state index is 8.27. The summed E-state index contributed by atoms with van der Waals surface area (Å²) >= 11 is 5.53. The Morgan fingerprint density at radius 1 is 1.73 bits per heavy atom. The van der Waals surface area contributed by atoms with Crippen molar-refractivity contribution >= 4 is 16.6 Å². The Bertz CT molecular complexity index is 277. The Balaban J connectivity index is 3.12. The monoisotopic (exact) mass is 172 g/mol. The van der Waals surface area contributed by atoms with Gasteiger partial charge in [-0.15, -0.1) is 5.10 Å². The first-order chi connectivity index (χ1) is 5.25. The first kappa shape index (κ1) is 7.97. The van der Waals surface area contributed by atoms with Crippen LogP contribution < -0.4 is 4.89 Å². The predicted molar refractivity (Wildman–Crippen MR) is 40.2 cm³/mol. The highest BCUT2D eigenvalue weighted by molar-refractivity contribution is 6.48. The molecule has 0 unspecified atom stereocenters. The van der Waals surface area contributed by atoms with Crippen LogP contribution in [0, 0.1) is 0 Å². The van der Waals surface area contributed by atoms with Gasteiger partial charge in [0.25, 0.3) is 5.88 Å². The summed E-state index contributed by atoms with van der Waals surface area (Å²) in [7, 11) is 0. The van der Waals surface area contributed by atoms with Crippen molar-refractivity contribution in [1.82, 2.24) is 10.2 Å². The fraction of sp³-hybridized carbons (Fsp3) is 0. The third-order valence-corrected chi connectivity index (χ3v) is 1.27. The molecule has 11 heavy (non-hydrogen) atoms. The second-order valence-electron chi connectivity index (χ2n) is 1.75. The minimum atomic E-state index is -0.0486. The van der Waals surface area contributed by atoms with Gasteiger partial charge in [-0.2, -0.15) is 5.10 Å². The minimum absolute atomic E-state index is 0.0486. The molecule has 1 aromatic heterocycles. The zero-order chi connectivity index (χ0) is 8.27. The van der Waals surface area contributed by atoms with Crippen molar-refractivity contribution < 1.29 is 10.1 Å². The first-order valence-electron chi connectivity index (χ1n) is 2.73. The van der Waals surface area contributed by atoms with E-state index < -0.39 is 0 Å². The van der Waals surface area contributed by atoms with E-state index in [-0.39, 0.29) is 10.9 Å². The van der Waals surface area contributed by atoms with Crippen LogP contribution in [-0.4, -0.2) is 15.5 Å². The summed E-state index contributed by atoms with van der Waals surface area (Å²) in [6.45, 7) is 3.44. The van der Waals surface area contributed by atoms with Gasteiger partial charge in [0.15, 0.2) is 0 Å². The maximum atomic E-state index is 8.27. The second kappa shape index (κ2) is 3.32. The second-order valence-corrected chi connectivity index (χ2v) is 2.20. The van der Waals surface area contributed by atoms with Crippen molar-refractivity contribution in [1.29, 1.82) is 0 Å². The summed E-state index contributed by atoms with van der Waals surface area (Å²) in [5.41, 5.74) is 0.421. The quantitative estimate of drug-likeness (QED) is 0.543. The molecule has 0 fully saturated rings. The number of halogens is 1. The van der Waals surface area contributed by atoms with Crippen LogP contribution in [0.5, 0.6) is 5.88 Å². The fourth-order valence-corrected chi connectivity index (χ4v) is 0.737. The highest BCUT2D eigenvalue weighted by Gasteiger charge is 2.06. The van der Waals surface area contributed by atoms with E-state index in [4.69, 9.17) is 16.9 Å². The van der Waals surface area contributed by atoms with E-state index in [1.807, 2.05) is 0 Å². The minimum Gasteiger partial charge on any atom is -0.317 e. The largest absolute Gasteiger partial charge is 0.317 e. The van der Waals surface area contributed by atoms with Crippen LogP contribution >= 0.6 is 11.6 Å². The summed E-state index contributed by atoms with van der Waals surface area (Å²) in [6, 6.07) is 1.54. The molecule has 5 heteroatoms. The highest BCUT2D eigenvalue weighted by Crippen LogP contribution is 2.23. The van der Waals surface area contributed by atoms with E-state index in [0.717, 1.165) is 0 Å². The van der Waals surface area contributed by atoms with Gasteiger partial charge >= 0.3 is 0 Å². The van der Waals surface area contributed by atoms with Crippen LogP contribution in [-0.2, 0) is 0 Å². The Kier molecular flexibility index (Phi) is 2.40. The molecule has 1 aromatic rings. The maximum Gasteiger partial charge on any atom is 0.283 e. The van der Waals surface area contributed by atoms with E-state index in [1.54, 1.807) is 0 Å². The molecule has 0 amide bonds. The smallest absolute Gasteiger partial charge is 0.283 e. The zero-order valence-electron chi connectivity index (χ0n) is 5.49. The topological polar surface area (TPSA) is 55.2 Å². The fourth-order valence-electron chi connectivity index (χ4n) is 0.593. The van der Waals surface area contributed by atoms with Gasteiger partial charge in [-0.05, 0) is 6.07 Å². The third-order valence-electron chi connectivity index (χ3n) is 1.07. The summed E-state index contributed by atoms with van der Waals surface area (Å²) in [6.07, 6.45) is 1.42. The van der Waals surface area contributed by atoms with Crippen molar-refractivity contribution in [3.63, 3.8) is 0 Å². The van der Waals surface area contributed by atoms with Gasteiger partial charge < -0.3 is 4.89 Å². The standard InChI is InChI=1S/C6H5ClN2O2/c1-4(7)5-2-3-8-9-6(5)11-10/h2-3,10H,1H2. The van der Waals surface area contributed by atoms with Crippen molar-refractivity contribution in [2.45, 2.75) is 0 Å². The molecule has 0 saturated heterocycles. The SMILES string of the molecule is C=C(Cl)c1ccnnc1OO. The van der Waals surface area contributed by atoms with E-state index >= 15 is 0 Å². The van der Waals surface area contributed by atoms with Crippen molar-refractivity contribution in [3.8, 4) is 5.88 Å². The normalized spacial score (nSPS) is 9.27. The molecule has 0 spiro atoms. The lowest BCUT2D eigenvalue weighted by molar-refractivity contribution is -0.142. The Morgan fingerprint density at radius 3 is 2.91 bits per heavy atom. The molecule has 4 nitrogen and oxygen atoms in total. The van der Waals surface area contributed by atoms with E-state index in [2.05, 4.69) is 21.7 Å². The Hall–Kier alpha value is -1.13. The lowest BCUT2D eigenvalue weighted by atomic mass is 10.3. The van der Waals surface area contributed by atoms with Crippen LogP contribution in [0.25, 0.3) is 5.03 Å². The molecule has 0 aliphatic rings. The van der Waals surface area contributed by atoms with Gasteiger partial charge in [-0.1, -0.05) is 18.2 Å². The van der Waals surface area contributed by atoms with Crippen LogP contribution in [0.1, 0.15) is 5.56 Å². The van der Waals surface area contributed by atoms with Gasteiger partial charge in [-0.3, -0.25) is 0 Å². The van der Waals surface area contributed by atoms with Gasteiger partial charge in [-0.25, -0.2) is 5.26 Å². The lowest BCUT2D eigenvalue weighted by Gasteiger charge is -1.99. The molecule has 0 aliphatic carbocycles. The number of rotatable bonds is 2. The van der Waals surface area contributed by atoms with Crippen LogP contribution in [0.15, 0.2) is 18.8 Å². The molecule has 0 saturated carbocycles. The van der Waals surface area contributed by atoms with Crippen molar-refractivity contribution in [3.05, 3.63) is 24.4 Å². The summed E-state index contributed by atoms with van der Waals surface area (Å²) in [4.78, 5) is 3.89. The molecule has 1 rings (SSSR count). The van der Waals surface area contributed by atoms with Crippen molar-refractivity contribution in [2.24, 2.45) is 0 Å². The van der Waals surface area contributed by atoms with Crippen LogP contribution in [0.4, 0.5) is 0 Å². The number of aromatic nitrogens is 2. The van der Waals surface area contributed by atoms with Gasteiger partial charge in [0.05, 0.1) is 11.8 Å². The number of hydrogen-bond donors (Lipinski definition) is 1. The predicted octanol–water partition coefficient (Wildman–Crippen LogP) is 1.54. The Labute approximate surface area is 68.0 Å². The molecule has 58 valence electrons. The van der Waals surface area contributed by atoms with E-state index in [1.165, 1.54) is 12.3 Å².